The monoisotopic (exact) mass is 400 g/mol. The van der Waals surface area contributed by atoms with Crippen LogP contribution in [0.4, 0.5) is 0 Å². The fourth-order valence-electron chi connectivity index (χ4n) is 2.63. The molecule has 0 radical (unpaired) electrons. The van der Waals surface area contributed by atoms with Gasteiger partial charge in [0.05, 0.1) is 11.0 Å². The van der Waals surface area contributed by atoms with E-state index in [2.05, 4.69) is 35.9 Å². The van der Waals surface area contributed by atoms with E-state index in [0.29, 0.717) is 17.2 Å². The third-order valence-corrected chi connectivity index (χ3v) is 4.37. The molecule has 2 heterocycles. The number of rotatable bonds is 2. The van der Waals surface area contributed by atoms with Gasteiger partial charge in [0.15, 0.2) is 17.2 Å². The normalized spacial score (nSPS) is 10.4. The zero-order valence-corrected chi connectivity index (χ0v) is 14.8. The molecule has 26 heavy (non-hydrogen) atoms. The summed E-state index contributed by atoms with van der Waals surface area (Å²) in [5, 5.41) is 18.6. The van der Waals surface area contributed by atoms with E-state index >= 15 is 0 Å². The summed E-state index contributed by atoms with van der Waals surface area (Å²) in [6.45, 7) is 0. The van der Waals surface area contributed by atoms with Crippen LogP contribution in [0, 0.1) is 22.7 Å². The number of para-hydroxylation sites is 2. The van der Waals surface area contributed by atoms with E-state index in [1.807, 2.05) is 60.7 Å². The first-order chi connectivity index (χ1) is 12.7. The van der Waals surface area contributed by atoms with Gasteiger partial charge < -0.3 is 4.98 Å². The topological polar surface area (TPSA) is 102 Å². The second-order valence-electron chi connectivity index (χ2n) is 5.45. The van der Waals surface area contributed by atoms with Gasteiger partial charge >= 0.3 is 0 Å². The van der Waals surface area contributed by atoms with Crippen LogP contribution in [0.1, 0.15) is 11.4 Å². The maximum absolute atomic E-state index is 9.32. The predicted octanol–water partition coefficient (Wildman–Crippen LogP) is 4.19. The molecule has 2 aromatic heterocycles. The van der Waals surface area contributed by atoms with Gasteiger partial charge in [-0.2, -0.15) is 10.5 Å². The number of aromatic amines is 1. The van der Waals surface area contributed by atoms with Gasteiger partial charge in [-0.3, -0.25) is 0 Å². The first-order valence-electron chi connectivity index (χ1n) is 7.63. The second kappa shape index (κ2) is 6.40. The number of hydrogen-bond donors (Lipinski definition) is 1. The number of benzene rings is 2. The number of fused-ring (bicyclic) bond motifs is 1. The predicted molar refractivity (Wildman–Crippen MR) is 99.7 cm³/mol. The van der Waals surface area contributed by atoms with Crippen LogP contribution < -0.4 is 0 Å². The van der Waals surface area contributed by atoms with Crippen LogP contribution in [0.15, 0.2) is 53.0 Å². The Morgan fingerprint density at radius 2 is 1.46 bits per heavy atom. The number of hydrogen-bond acceptors (Lipinski definition) is 5. The quantitative estimate of drug-likeness (QED) is 0.543. The molecule has 6 nitrogen and oxygen atoms in total. The van der Waals surface area contributed by atoms with E-state index in [9.17, 15) is 10.5 Å². The van der Waals surface area contributed by atoms with Crippen molar-refractivity contribution in [3.63, 3.8) is 0 Å². The molecule has 0 unspecified atom stereocenters. The fourth-order valence-corrected chi connectivity index (χ4v) is 2.89. The van der Waals surface area contributed by atoms with Gasteiger partial charge in [-0.1, -0.05) is 40.2 Å². The smallest absolute Gasteiger partial charge is 0.177 e. The SMILES string of the molecule is N#Cc1nc(-c2ccc(Br)cc2)c(-c2nc3ccccc3[nH]2)nc1C#N. The summed E-state index contributed by atoms with van der Waals surface area (Å²) in [7, 11) is 0. The van der Waals surface area contributed by atoms with Crippen molar-refractivity contribution in [3.8, 4) is 34.9 Å². The highest BCUT2D eigenvalue weighted by Gasteiger charge is 2.19. The Labute approximate surface area is 156 Å². The molecule has 7 heteroatoms. The van der Waals surface area contributed by atoms with E-state index < -0.39 is 0 Å². The third-order valence-electron chi connectivity index (χ3n) is 3.84. The van der Waals surface area contributed by atoms with Gasteiger partial charge in [0.2, 0.25) is 0 Å². The van der Waals surface area contributed by atoms with Gasteiger partial charge in [0.25, 0.3) is 0 Å². The Bertz CT molecular complexity index is 1180. The molecule has 2 aromatic carbocycles. The highest BCUT2D eigenvalue weighted by Crippen LogP contribution is 2.30. The first kappa shape index (κ1) is 15.9. The molecule has 0 bridgehead atoms. The molecule has 0 aliphatic carbocycles. The minimum atomic E-state index is -0.0242. The Balaban J connectivity index is 2.01. The largest absolute Gasteiger partial charge is 0.337 e. The molecule has 0 fully saturated rings. The maximum atomic E-state index is 9.32. The highest BCUT2D eigenvalue weighted by atomic mass is 79.9. The molecular formula is C19H9BrN6. The first-order valence-corrected chi connectivity index (χ1v) is 8.42. The van der Waals surface area contributed by atoms with E-state index in [4.69, 9.17) is 0 Å². The number of nitrogens with zero attached hydrogens (tertiary/aromatic N) is 5. The van der Waals surface area contributed by atoms with Crippen LogP contribution in [0.3, 0.4) is 0 Å². The molecule has 0 aliphatic heterocycles. The summed E-state index contributed by atoms with van der Waals surface area (Å²) >= 11 is 3.41. The minimum Gasteiger partial charge on any atom is -0.337 e. The van der Waals surface area contributed by atoms with Gasteiger partial charge in [0.1, 0.15) is 23.5 Å². The number of nitrogens with one attached hydrogen (secondary N) is 1. The van der Waals surface area contributed by atoms with Crippen LogP contribution in [-0.4, -0.2) is 19.9 Å². The lowest BCUT2D eigenvalue weighted by Gasteiger charge is -2.08. The van der Waals surface area contributed by atoms with E-state index in [-0.39, 0.29) is 11.4 Å². The number of halogens is 1. The number of H-pyrrole nitrogens is 1. The molecule has 0 atom stereocenters. The fraction of sp³-hybridized carbons (Fsp3) is 0. The lowest BCUT2D eigenvalue weighted by atomic mass is 10.1. The van der Waals surface area contributed by atoms with Crippen molar-refractivity contribution >= 4 is 27.0 Å². The van der Waals surface area contributed by atoms with Crippen molar-refractivity contribution in [2.75, 3.05) is 0 Å². The summed E-state index contributed by atoms with van der Waals surface area (Å²) in [6.07, 6.45) is 0. The number of imidazole rings is 1. The van der Waals surface area contributed by atoms with Crippen molar-refractivity contribution in [2.45, 2.75) is 0 Å². The summed E-state index contributed by atoms with van der Waals surface area (Å²) in [4.78, 5) is 16.5. The number of aromatic nitrogens is 4. The molecule has 0 saturated heterocycles. The Kier molecular flexibility index (Phi) is 3.92. The Morgan fingerprint density at radius 3 is 2.12 bits per heavy atom. The Morgan fingerprint density at radius 1 is 0.808 bits per heavy atom. The summed E-state index contributed by atoms with van der Waals surface area (Å²) in [6, 6.07) is 19.0. The van der Waals surface area contributed by atoms with Crippen molar-refractivity contribution in [1.82, 2.24) is 19.9 Å². The van der Waals surface area contributed by atoms with Crippen LogP contribution in [0.5, 0.6) is 0 Å². The van der Waals surface area contributed by atoms with Gasteiger partial charge in [-0.15, -0.1) is 0 Å². The second-order valence-corrected chi connectivity index (χ2v) is 6.37. The van der Waals surface area contributed by atoms with Gasteiger partial charge in [0, 0.05) is 10.0 Å². The molecule has 1 N–H and O–H groups in total. The zero-order chi connectivity index (χ0) is 18.1. The lowest BCUT2D eigenvalue weighted by molar-refractivity contribution is 1.12. The van der Waals surface area contributed by atoms with E-state index in [1.165, 1.54) is 0 Å². The third kappa shape index (κ3) is 2.71. The Hall–Kier alpha value is -3.55. The van der Waals surface area contributed by atoms with Crippen LogP contribution >= 0.6 is 15.9 Å². The standard InChI is InChI=1S/C19H9BrN6/c20-12-7-5-11(6-8-12)17-18(24-16(10-22)15(9-21)23-17)19-25-13-3-1-2-4-14(13)26-19/h1-8H,(H,25,26). The molecule has 122 valence electrons. The zero-order valence-electron chi connectivity index (χ0n) is 13.2. The minimum absolute atomic E-state index is 0.00900. The highest BCUT2D eigenvalue weighted by molar-refractivity contribution is 9.10. The number of nitriles is 2. The van der Waals surface area contributed by atoms with Crippen LogP contribution in [0.25, 0.3) is 33.8 Å². The van der Waals surface area contributed by atoms with Gasteiger partial charge in [-0.25, -0.2) is 15.0 Å². The van der Waals surface area contributed by atoms with Crippen molar-refractivity contribution in [3.05, 3.63) is 64.4 Å². The molecule has 0 saturated carbocycles. The summed E-state index contributed by atoms with van der Waals surface area (Å²) in [5.41, 5.74) is 3.31. The molecule has 0 spiro atoms. The lowest BCUT2D eigenvalue weighted by Crippen LogP contribution is -2.02. The summed E-state index contributed by atoms with van der Waals surface area (Å²) < 4.78 is 0.925. The van der Waals surface area contributed by atoms with Crippen molar-refractivity contribution in [2.24, 2.45) is 0 Å². The van der Waals surface area contributed by atoms with Crippen LogP contribution in [-0.2, 0) is 0 Å². The van der Waals surface area contributed by atoms with E-state index in [0.717, 1.165) is 21.1 Å². The van der Waals surface area contributed by atoms with Crippen LogP contribution in [0.2, 0.25) is 0 Å². The molecular weight excluding hydrogens is 392 g/mol. The average Bonchev–Trinajstić information content (AvgIpc) is 3.11. The summed E-state index contributed by atoms with van der Waals surface area (Å²) in [5.74, 6) is 0.498. The average molecular weight is 401 g/mol. The van der Waals surface area contributed by atoms with Crippen molar-refractivity contribution < 1.29 is 0 Å². The molecule has 4 aromatic rings. The van der Waals surface area contributed by atoms with E-state index in [1.54, 1.807) is 0 Å². The molecule has 0 amide bonds. The molecule has 0 aliphatic rings. The van der Waals surface area contributed by atoms with Crippen molar-refractivity contribution in [1.29, 1.82) is 10.5 Å². The maximum Gasteiger partial charge on any atom is 0.177 e. The van der Waals surface area contributed by atoms with Gasteiger partial charge in [-0.05, 0) is 24.3 Å². The molecule has 4 rings (SSSR count).